The van der Waals surface area contributed by atoms with Crippen LogP contribution in [0.15, 0.2) is 29.1 Å². The molecule has 4 rings (SSSR count). The van der Waals surface area contributed by atoms with Crippen LogP contribution >= 0.6 is 0 Å². The monoisotopic (exact) mass is 517 g/mol. The maximum atomic E-state index is 14.4. The predicted octanol–water partition coefficient (Wildman–Crippen LogP) is 2.67. The van der Waals surface area contributed by atoms with Crippen LogP contribution in [0.4, 0.5) is 14.5 Å². The van der Waals surface area contributed by atoms with Gasteiger partial charge in [-0.3, -0.25) is 9.59 Å². The fourth-order valence-electron chi connectivity index (χ4n) is 4.55. The number of carboxylic acids is 1. The molecule has 37 heavy (non-hydrogen) atoms. The third-order valence-corrected chi connectivity index (χ3v) is 6.17. The number of hydrogen-bond acceptors (Lipinski definition) is 8. The summed E-state index contributed by atoms with van der Waals surface area (Å²) in [4.78, 5) is 29.1. The Morgan fingerprint density at radius 3 is 2.76 bits per heavy atom. The van der Waals surface area contributed by atoms with Gasteiger partial charge in [0.25, 0.3) is 11.5 Å². The maximum Gasteiger partial charge on any atom is 0.303 e. The average molecular weight is 518 g/mol. The molecule has 0 aromatic carbocycles. The number of anilines is 1. The summed E-state index contributed by atoms with van der Waals surface area (Å²) in [5.74, 6) is -4.47. The summed E-state index contributed by atoms with van der Waals surface area (Å²) in [6.45, 7) is 3.91. The molecular weight excluding hydrogens is 488 g/mol. The van der Waals surface area contributed by atoms with Crippen LogP contribution < -0.4 is 15.2 Å². The number of ether oxygens (including phenoxy) is 1. The lowest BCUT2D eigenvalue weighted by Crippen LogP contribution is -2.48. The van der Waals surface area contributed by atoms with Gasteiger partial charge < -0.3 is 14.7 Å². The van der Waals surface area contributed by atoms with Gasteiger partial charge in [-0.2, -0.15) is 0 Å². The molecule has 11 nitrogen and oxygen atoms in total. The fraction of sp³-hybridized carbons (Fsp3) is 0.500. The highest BCUT2D eigenvalue weighted by Crippen LogP contribution is 2.36. The Morgan fingerprint density at radius 1 is 1.27 bits per heavy atom. The lowest BCUT2D eigenvalue weighted by Gasteiger charge is -2.39. The van der Waals surface area contributed by atoms with Gasteiger partial charge in [-0.05, 0) is 31.4 Å². The molecule has 0 saturated carbocycles. The first kappa shape index (κ1) is 26.2. The molecule has 0 spiro atoms. The van der Waals surface area contributed by atoms with Crippen molar-refractivity contribution in [2.75, 3.05) is 18.0 Å². The van der Waals surface area contributed by atoms with E-state index in [9.17, 15) is 18.4 Å². The van der Waals surface area contributed by atoms with Crippen molar-refractivity contribution in [2.24, 2.45) is 13.0 Å². The smallest absolute Gasteiger partial charge is 0.303 e. The molecule has 3 aromatic rings. The van der Waals surface area contributed by atoms with Crippen molar-refractivity contribution in [3.8, 4) is 17.3 Å². The SMILES string of the molecule is CCCn1nc(OCc2c(-c3ccc(N4C[C@@H](CC(=O)O)CC(F)(F)C4)c(C)n3)nnn2C)ccc1=O. The Morgan fingerprint density at radius 2 is 2.05 bits per heavy atom. The third kappa shape index (κ3) is 6.09. The molecule has 0 aliphatic carbocycles. The number of carboxylic acid groups (broad SMARTS) is 1. The van der Waals surface area contributed by atoms with Crippen LogP contribution in [-0.4, -0.2) is 59.8 Å². The minimum atomic E-state index is -2.99. The highest BCUT2D eigenvalue weighted by Gasteiger charge is 2.41. The molecule has 198 valence electrons. The van der Waals surface area contributed by atoms with Crippen LogP contribution in [0.2, 0.25) is 0 Å². The lowest BCUT2D eigenvalue weighted by atomic mass is 9.92. The number of aliphatic carboxylic acids is 1. The van der Waals surface area contributed by atoms with Gasteiger partial charge in [0.1, 0.15) is 18.0 Å². The Hall–Kier alpha value is -3.90. The van der Waals surface area contributed by atoms with E-state index in [-0.39, 0.29) is 31.0 Å². The third-order valence-electron chi connectivity index (χ3n) is 6.17. The Labute approximate surface area is 211 Å². The van der Waals surface area contributed by atoms with E-state index >= 15 is 0 Å². The molecule has 1 saturated heterocycles. The van der Waals surface area contributed by atoms with Crippen LogP contribution in [0.25, 0.3) is 11.4 Å². The van der Waals surface area contributed by atoms with E-state index in [2.05, 4.69) is 20.4 Å². The summed E-state index contributed by atoms with van der Waals surface area (Å²) in [5, 5.41) is 21.6. The second-order valence-electron chi connectivity index (χ2n) is 9.24. The molecule has 13 heteroatoms. The van der Waals surface area contributed by atoms with Gasteiger partial charge in [0, 0.05) is 38.7 Å². The van der Waals surface area contributed by atoms with E-state index in [1.165, 1.54) is 21.7 Å². The van der Waals surface area contributed by atoms with Gasteiger partial charge in [-0.25, -0.2) is 23.1 Å². The van der Waals surface area contributed by atoms with Crippen molar-refractivity contribution in [1.29, 1.82) is 0 Å². The number of piperidine rings is 1. The number of nitrogens with zero attached hydrogens (tertiary/aromatic N) is 7. The molecule has 1 N–H and O–H groups in total. The van der Waals surface area contributed by atoms with Crippen molar-refractivity contribution in [3.05, 3.63) is 46.0 Å². The normalized spacial score (nSPS) is 17.1. The minimum absolute atomic E-state index is 0.0634. The van der Waals surface area contributed by atoms with Gasteiger partial charge in [0.2, 0.25) is 5.88 Å². The second-order valence-corrected chi connectivity index (χ2v) is 9.24. The van der Waals surface area contributed by atoms with E-state index in [1.54, 1.807) is 30.8 Å². The molecule has 1 fully saturated rings. The second kappa shape index (κ2) is 10.6. The van der Waals surface area contributed by atoms with E-state index < -0.39 is 30.8 Å². The Bertz CT molecular complexity index is 1340. The Kier molecular flexibility index (Phi) is 7.50. The molecule has 0 amide bonds. The number of hydrogen-bond donors (Lipinski definition) is 1. The maximum absolute atomic E-state index is 14.4. The van der Waals surface area contributed by atoms with Crippen LogP contribution in [-0.2, 0) is 25.0 Å². The molecule has 4 heterocycles. The first-order valence-electron chi connectivity index (χ1n) is 12.0. The number of aromatic nitrogens is 6. The van der Waals surface area contributed by atoms with Crippen molar-refractivity contribution >= 4 is 11.7 Å². The average Bonchev–Trinajstić information content (AvgIpc) is 3.18. The van der Waals surface area contributed by atoms with Crippen LogP contribution in [0.1, 0.15) is 37.6 Å². The van der Waals surface area contributed by atoms with Gasteiger partial charge in [0.15, 0.2) is 0 Å². The number of rotatable bonds is 9. The number of alkyl halides is 2. The number of carbonyl (C=O) groups is 1. The quantitative estimate of drug-likeness (QED) is 0.455. The highest BCUT2D eigenvalue weighted by molar-refractivity contribution is 5.67. The molecule has 1 aliphatic heterocycles. The van der Waals surface area contributed by atoms with E-state index in [0.29, 0.717) is 35.0 Å². The zero-order valence-electron chi connectivity index (χ0n) is 20.9. The summed E-state index contributed by atoms with van der Waals surface area (Å²) in [6, 6.07) is 6.27. The summed E-state index contributed by atoms with van der Waals surface area (Å²) in [5.41, 5.74) is 2.38. The highest BCUT2D eigenvalue weighted by atomic mass is 19.3. The summed E-state index contributed by atoms with van der Waals surface area (Å²) >= 11 is 0. The van der Waals surface area contributed by atoms with Gasteiger partial charge in [0.05, 0.1) is 30.0 Å². The van der Waals surface area contributed by atoms with E-state index in [4.69, 9.17) is 9.84 Å². The first-order chi connectivity index (χ1) is 17.6. The summed E-state index contributed by atoms with van der Waals surface area (Å²) in [6.07, 6.45) is -0.0128. The molecule has 0 unspecified atom stereocenters. The largest absolute Gasteiger partial charge is 0.481 e. The standard InChI is InChI=1S/C24H29F2N7O4/c1-4-9-33-21(34)8-7-20(29-33)37-13-19-23(28-30-31(19)3)17-5-6-18(15(2)27-17)32-12-16(10-22(35)36)11-24(25,26)14-32/h5-8,16H,4,9-14H2,1-3H3,(H,35,36)/t16-/m0/s1. The van der Waals surface area contributed by atoms with Crippen molar-refractivity contribution in [2.45, 2.75) is 52.2 Å². The zero-order chi connectivity index (χ0) is 26.7. The summed E-state index contributed by atoms with van der Waals surface area (Å²) < 4.78 is 37.4. The van der Waals surface area contributed by atoms with E-state index in [1.807, 2.05) is 6.92 Å². The zero-order valence-corrected chi connectivity index (χ0v) is 20.9. The molecule has 3 aromatic heterocycles. The molecule has 1 aliphatic rings. The van der Waals surface area contributed by atoms with Crippen molar-refractivity contribution in [1.82, 2.24) is 29.8 Å². The van der Waals surface area contributed by atoms with Crippen molar-refractivity contribution < 1.29 is 23.4 Å². The fourth-order valence-corrected chi connectivity index (χ4v) is 4.55. The molecule has 0 radical (unpaired) electrons. The van der Waals surface area contributed by atoms with Crippen LogP contribution in [0.5, 0.6) is 5.88 Å². The van der Waals surface area contributed by atoms with Crippen LogP contribution in [0, 0.1) is 12.8 Å². The first-order valence-corrected chi connectivity index (χ1v) is 12.0. The van der Waals surface area contributed by atoms with Crippen molar-refractivity contribution in [3.63, 3.8) is 0 Å². The van der Waals surface area contributed by atoms with Crippen LogP contribution in [0.3, 0.4) is 0 Å². The summed E-state index contributed by atoms with van der Waals surface area (Å²) in [7, 11) is 1.71. The lowest BCUT2D eigenvalue weighted by molar-refractivity contribution is -0.139. The predicted molar refractivity (Wildman–Crippen MR) is 130 cm³/mol. The van der Waals surface area contributed by atoms with Gasteiger partial charge in [-0.1, -0.05) is 12.1 Å². The molecule has 0 bridgehead atoms. The Balaban J connectivity index is 1.55. The van der Waals surface area contributed by atoms with Gasteiger partial charge in [-0.15, -0.1) is 10.2 Å². The number of pyridine rings is 1. The number of halogens is 2. The topological polar surface area (TPSA) is 128 Å². The van der Waals surface area contributed by atoms with Gasteiger partial charge >= 0.3 is 5.97 Å². The minimum Gasteiger partial charge on any atom is -0.481 e. The molecular formula is C24H29F2N7O4. The van der Waals surface area contributed by atoms with E-state index in [0.717, 1.165) is 6.42 Å². The molecule has 1 atom stereocenters. The number of aryl methyl sites for hydroxylation is 3.